The number of hydrogen-bond donors (Lipinski definition) is 5. The highest BCUT2D eigenvalue weighted by Gasteiger charge is 2.48. The predicted octanol–water partition coefficient (Wildman–Crippen LogP) is 7.46. The maximum absolute atomic E-state index is 15.4. The molecule has 6 N–H and O–H groups in total. The van der Waals surface area contributed by atoms with Crippen LogP contribution in [0, 0.1) is 20.8 Å². The summed E-state index contributed by atoms with van der Waals surface area (Å²) in [7, 11) is -3.03. The van der Waals surface area contributed by atoms with E-state index in [1.807, 2.05) is 32.0 Å². The molecule has 1 fully saturated rings. The Morgan fingerprint density at radius 2 is 1.48 bits per heavy atom. The Balaban J connectivity index is 0.931. The van der Waals surface area contributed by atoms with Gasteiger partial charge in [0.05, 0.1) is 34.4 Å². The topological polar surface area (TPSA) is 331 Å². The van der Waals surface area contributed by atoms with Gasteiger partial charge in [-0.25, -0.2) is 37.3 Å². The van der Waals surface area contributed by atoms with E-state index in [-0.39, 0.29) is 91.5 Å². The number of alkyl carbamates (subject to hydrolysis) is 1. The Hall–Kier alpha value is -10.4. The number of methoxy groups -OCH3 is 1. The molecule has 0 unspecified atom stereocenters. The number of aromatic amines is 1. The van der Waals surface area contributed by atoms with Gasteiger partial charge in [-0.1, -0.05) is 78.9 Å². The number of H-pyrrole nitrogens is 1. The van der Waals surface area contributed by atoms with E-state index >= 15 is 4.79 Å². The van der Waals surface area contributed by atoms with Crippen LogP contribution in [0.3, 0.4) is 0 Å². The first-order chi connectivity index (χ1) is 45.6. The maximum atomic E-state index is 15.4. The fourth-order valence-electron chi connectivity index (χ4n) is 12.4. The number of aliphatic imine (C=N–C) groups is 1. The van der Waals surface area contributed by atoms with Gasteiger partial charge in [-0.3, -0.25) is 33.6 Å². The molecule has 5 aromatic carbocycles. The zero-order chi connectivity index (χ0) is 69.0. The van der Waals surface area contributed by atoms with Crippen LogP contribution in [0.1, 0.15) is 136 Å². The molecule has 0 aliphatic carbocycles. The standard InChI is InChI=1S/C70H78N10O15S/c1-40-41(2)58(42(3)51-35-70(7,8)94-57(40)51)96(89,90)77-67(71)72-30-18-26-52(76-68(88)93-38-44-22-14-11-15-23-44)60(81)75-54(65(86)95-69(4,5)6)33-46-36-78(39-73-46)59-50(47-29-28-45(64(85)91-9)32-53(47)74-59)34-56(80-61(82)48-24-16-17-25-49(48)62(80)83)63(84)79-31-19-27-55(79)66(87)92-37-43-20-12-10-13-21-43/h10-17,20-25,28-29,32,36,39,52,54-56,74H,18-19,26-27,30-31,33-35,37-38H2,1-9H3,(H,75,81)(H,76,88)(H3,71,72,77)/t52-,54-,55-,56-/m0/s1. The number of nitrogens with one attached hydrogen (secondary N) is 4. The first-order valence-electron chi connectivity index (χ1n) is 31.5. The lowest BCUT2D eigenvalue weighted by atomic mass is 9.94. The number of imidazole rings is 1. The molecule has 2 aromatic heterocycles. The maximum Gasteiger partial charge on any atom is 0.408 e. The summed E-state index contributed by atoms with van der Waals surface area (Å²) in [5.74, 6) is -4.65. The summed E-state index contributed by atoms with van der Waals surface area (Å²) in [6.45, 7) is 13.8. The zero-order valence-electron chi connectivity index (χ0n) is 54.9. The van der Waals surface area contributed by atoms with Crippen LogP contribution in [0.4, 0.5) is 4.79 Å². The minimum absolute atomic E-state index is 0.0510. The summed E-state index contributed by atoms with van der Waals surface area (Å²) >= 11 is 0. The highest BCUT2D eigenvalue weighted by atomic mass is 32.2. The van der Waals surface area contributed by atoms with E-state index in [1.54, 1.807) is 113 Å². The second kappa shape index (κ2) is 28.3. The van der Waals surface area contributed by atoms with Crippen molar-refractivity contribution in [2.45, 2.75) is 154 Å². The molecule has 5 amide bonds. The SMILES string of the molecule is COC(=O)c1ccc2c(C[C@@H](C(=O)N3CCC[C@H]3C(=O)OCc3ccccc3)N3C(=O)c4ccccc4C3=O)c(-n3cnc(C[C@H](NC(=O)[C@H](CCCN=C(N)NS(=O)(=O)c4c(C)c(C)c5c(c4C)CC(C)(C)O5)NC(=O)OCc4ccccc4)C(=O)OC(C)(C)C)c3)[nH]c2c1. The van der Waals surface area contributed by atoms with Crippen molar-refractivity contribution in [1.29, 1.82) is 0 Å². The number of imide groups is 1. The molecule has 4 atom stereocenters. The third-order valence-corrected chi connectivity index (χ3v) is 18.7. The first-order valence-corrected chi connectivity index (χ1v) is 33.0. The Morgan fingerprint density at radius 1 is 0.833 bits per heavy atom. The van der Waals surface area contributed by atoms with Crippen molar-refractivity contribution < 1.29 is 70.5 Å². The van der Waals surface area contributed by atoms with Gasteiger partial charge in [0, 0.05) is 60.6 Å². The number of esters is 3. The van der Waals surface area contributed by atoms with Gasteiger partial charge in [0.15, 0.2) is 0 Å². The number of carbonyl (C=O) groups is 8. The molecule has 7 aromatic rings. The Bertz CT molecular complexity index is 4290. The lowest BCUT2D eigenvalue weighted by molar-refractivity contribution is -0.158. The molecule has 10 rings (SSSR count). The van der Waals surface area contributed by atoms with Crippen LogP contribution in [0.25, 0.3) is 16.7 Å². The Morgan fingerprint density at radius 3 is 2.12 bits per heavy atom. The number of nitrogens with two attached hydrogens (primary N) is 1. The van der Waals surface area contributed by atoms with Crippen LogP contribution in [0.5, 0.6) is 5.75 Å². The second-order valence-corrected chi connectivity index (χ2v) is 27.2. The minimum Gasteiger partial charge on any atom is -0.487 e. The number of nitrogens with zero attached hydrogens (tertiary/aromatic N) is 5. The van der Waals surface area contributed by atoms with Gasteiger partial charge in [-0.15, -0.1) is 0 Å². The Labute approximate surface area is 555 Å². The Kier molecular flexibility index (Phi) is 20.2. The van der Waals surface area contributed by atoms with Crippen LogP contribution in [0.15, 0.2) is 126 Å². The average molecular weight is 1330 g/mol. The summed E-state index contributed by atoms with van der Waals surface area (Å²) in [4.78, 5) is 129. The second-order valence-electron chi connectivity index (χ2n) is 25.6. The van der Waals surface area contributed by atoms with E-state index < -0.39 is 99.0 Å². The van der Waals surface area contributed by atoms with E-state index in [0.717, 1.165) is 16.0 Å². The van der Waals surface area contributed by atoms with Crippen molar-refractivity contribution in [1.82, 2.24) is 39.7 Å². The lowest BCUT2D eigenvalue weighted by Gasteiger charge is -2.32. The average Bonchev–Trinajstić information content (AvgIpc) is 1.40. The van der Waals surface area contributed by atoms with Crippen LogP contribution < -0.4 is 25.8 Å². The highest BCUT2D eigenvalue weighted by molar-refractivity contribution is 7.90. The largest absolute Gasteiger partial charge is 0.487 e. The number of fused-ring (bicyclic) bond motifs is 3. The number of sulfonamides is 1. The molecule has 0 saturated carbocycles. The van der Waals surface area contributed by atoms with Crippen molar-refractivity contribution >= 4 is 74.5 Å². The molecule has 1 saturated heterocycles. The van der Waals surface area contributed by atoms with Crippen LogP contribution in [-0.4, -0.2) is 142 Å². The van der Waals surface area contributed by atoms with E-state index in [1.165, 1.54) is 42.6 Å². The smallest absolute Gasteiger partial charge is 0.408 e. The van der Waals surface area contributed by atoms with Crippen LogP contribution in [-0.2, 0) is 80.6 Å². The van der Waals surface area contributed by atoms with Crippen molar-refractivity contribution in [2.75, 3.05) is 20.2 Å². The monoisotopic (exact) mass is 1330 g/mol. The molecule has 0 radical (unpaired) electrons. The molecular weight excluding hydrogens is 1250 g/mol. The minimum atomic E-state index is -4.26. The summed E-state index contributed by atoms with van der Waals surface area (Å²) in [6.07, 6.45) is 2.47. The molecule has 3 aliphatic heterocycles. The molecule has 5 heterocycles. The number of likely N-dealkylation sites (tertiary alicyclic amines) is 1. The van der Waals surface area contributed by atoms with Gasteiger partial charge in [0.1, 0.15) is 66.5 Å². The van der Waals surface area contributed by atoms with E-state index in [9.17, 15) is 42.0 Å². The third kappa shape index (κ3) is 15.2. The fraction of sp³-hybridized carbons (Fsp3) is 0.371. The molecule has 96 heavy (non-hydrogen) atoms. The van der Waals surface area contributed by atoms with Crippen molar-refractivity contribution in [3.05, 3.63) is 177 Å². The number of guanidine groups is 1. The van der Waals surface area contributed by atoms with E-state index in [2.05, 4.69) is 30.3 Å². The van der Waals surface area contributed by atoms with E-state index in [0.29, 0.717) is 57.3 Å². The first kappa shape index (κ1) is 68.5. The summed E-state index contributed by atoms with van der Waals surface area (Å²) in [6, 6.07) is 23.4. The molecule has 0 bridgehead atoms. The van der Waals surface area contributed by atoms with Gasteiger partial charge in [0.2, 0.25) is 17.8 Å². The fourth-order valence-corrected chi connectivity index (χ4v) is 13.9. The summed E-state index contributed by atoms with van der Waals surface area (Å²) in [5.41, 5.74) is 9.83. The molecule has 25 nitrogen and oxygen atoms in total. The number of hydrogen-bond acceptors (Lipinski definition) is 17. The molecule has 26 heteroatoms. The van der Waals surface area contributed by atoms with Crippen LogP contribution >= 0.6 is 0 Å². The van der Waals surface area contributed by atoms with Crippen molar-refractivity contribution in [3.8, 4) is 11.6 Å². The van der Waals surface area contributed by atoms with Gasteiger partial charge in [-0.05, 0) is 133 Å². The van der Waals surface area contributed by atoms with Crippen molar-refractivity contribution in [2.24, 2.45) is 10.7 Å². The lowest BCUT2D eigenvalue weighted by Crippen LogP contribution is -2.54. The van der Waals surface area contributed by atoms with Crippen LogP contribution in [0.2, 0.25) is 0 Å². The number of benzene rings is 5. The number of carbonyl (C=O) groups excluding carboxylic acids is 8. The normalized spacial score (nSPS) is 16.1. The van der Waals surface area contributed by atoms with Gasteiger partial charge in [0.25, 0.3) is 21.8 Å². The van der Waals surface area contributed by atoms with E-state index in [4.69, 9.17) is 29.4 Å². The third-order valence-electron chi connectivity index (χ3n) is 17.0. The molecule has 3 aliphatic rings. The highest BCUT2D eigenvalue weighted by Crippen LogP contribution is 2.44. The summed E-state index contributed by atoms with van der Waals surface area (Å²) in [5, 5.41) is 5.83. The number of ether oxygens (including phenoxy) is 5. The molecule has 0 spiro atoms. The van der Waals surface area contributed by atoms with Gasteiger partial charge in [-0.2, -0.15) is 0 Å². The van der Waals surface area contributed by atoms with Gasteiger partial charge < -0.3 is 49.9 Å². The quantitative estimate of drug-likeness (QED) is 0.0104. The molecular formula is C70H78N10O15S. The predicted molar refractivity (Wildman–Crippen MR) is 352 cm³/mol. The van der Waals surface area contributed by atoms with Gasteiger partial charge >= 0.3 is 24.0 Å². The van der Waals surface area contributed by atoms with Crippen molar-refractivity contribution in [3.63, 3.8) is 0 Å². The zero-order valence-corrected chi connectivity index (χ0v) is 55.7. The summed E-state index contributed by atoms with van der Waals surface area (Å²) < 4.78 is 60.3. The number of amides is 5. The number of aromatic nitrogens is 3. The number of rotatable bonds is 23. The molecule has 504 valence electrons.